The third-order valence-electron chi connectivity index (χ3n) is 7.13. The van der Waals surface area contributed by atoms with Crippen LogP contribution in [0.5, 0.6) is 11.5 Å². The van der Waals surface area contributed by atoms with E-state index in [4.69, 9.17) is 25.8 Å². The van der Waals surface area contributed by atoms with Crippen LogP contribution in [-0.4, -0.2) is 47.8 Å². The van der Waals surface area contributed by atoms with Crippen molar-refractivity contribution in [2.75, 3.05) is 19.8 Å². The van der Waals surface area contributed by atoms with Crippen LogP contribution >= 0.6 is 11.6 Å². The summed E-state index contributed by atoms with van der Waals surface area (Å²) in [5.74, 6) is -0.502. The van der Waals surface area contributed by atoms with Crippen LogP contribution < -0.4 is 20.1 Å². The van der Waals surface area contributed by atoms with E-state index in [0.29, 0.717) is 33.2 Å². The Morgan fingerprint density at radius 3 is 2.74 bits per heavy atom. The van der Waals surface area contributed by atoms with E-state index in [2.05, 4.69) is 40.7 Å². The molecule has 43 heavy (non-hydrogen) atoms. The minimum Gasteiger partial charge on any atom is -0.488 e. The molecular formula is C33H32ClN3O6. The highest BCUT2D eigenvalue weighted by atomic mass is 35.5. The Morgan fingerprint density at radius 2 is 1.93 bits per heavy atom. The minimum absolute atomic E-state index is 0.0885. The molecule has 1 aromatic heterocycles. The maximum absolute atomic E-state index is 12.6. The number of hydrogen-bond donors (Lipinski definition) is 3. The fourth-order valence-electron chi connectivity index (χ4n) is 4.73. The third-order valence-corrected chi connectivity index (χ3v) is 7.43. The van der Waals surface area contributed by atoms with Gasteiger partial charge in [-0.2, -0.15) is 0 Å². The molecule has 5 rings (SSSR count). The van der Waals surface area contributed by atoms with Gasteiger partial charge in [-0.05, 0) is 41.3 Å². The SMILES string of the molecule is Cc1c(COc2cc3c(cc2Cl)CN[C@H](C(=O)O)COCCNC(=O)c2cncc(c2)CO3)cccc1-c1ccccc1. The van der Waals surface area contributed by atoms with Gasteiger partial charge >= 0.3 is 5.97 Å². The van der Waals surface area contributed by atoms with Crippen LogP contribution in [0, 0.1) is 6.92 Å². The lowest BCUT2D eigenvalue weighted by molar-refractivity contribution is -0.141. The molecule has 1 aliphatic rings. The molecule has 3 aromatic carbocycles. The van der Waals surface area contributed by atoms with Crippen molar-refractivity contribution in [1.29, 1.82) is 0 Å². The molecule has 0 radical (unpaired) electrons. The molecule has 2 heterocycles. The first-order valence-corrected chi connectivity index (χ1v) is 14.2. The summed E-state index contributed by atoms with van der Waals surface area (Å²) in [5.41, 5.74) is 6.07. The number of carbonyl (C=O) groups excluding carboxylic acids is 1. The molecule has 9 nitrogen and oxygen atoms in total. The van der Waals surface area contributed by atoms with Crippen LogP contribution in [0.25, 0.3) is 11.1 Å². The van der Waals surface area contributed by atoms with Crippen molar-refractivity contribution in [3.05, 3.63) is 112 Å². The Morgan fingerprint density at radius 1 is 1.09 bits per heavy atom. The summed E-state index contributed by atoms with van der Waals surface area (Å²) in [6.45, 7) is 2.91. The van der Waals surface area contributed by atoms with E-state index in [-0.39, 0.29) is 45.4 Å². The number of carboxylic acids is 1. The second kappa shape index (κ2) is 14.2. The van der Waals surface area contributed by atoms with Crippen LogP contribution in [0.2, 0.25) is 5.02 Å². The number of amides is 1. The standard InChI is InChI=1S/C33H32ClN3O6/c1-21-24(8-5-9-27(21)23-6-3-2-4-7-23)19-43-31-14-30-25(13-28(31)34)17-37-29(33(39)40)20-41-11-10-36-32(38)26-12-22(18-42-30)15-35-16-26/h2-9,12-16,29,37H,10-11,17-20H2,1H3,(H,36,38)(H,39,40)/t29-/m0/s1. The van der Waals surface area contributed by atoms with Gasteiger partial charge in [0, 0.05) is 42.7 Å². The third kappa shape index (κ3) is 7.70. The van der Waals surface area contributed by atoms with E-state index in [1.54, 1.807) is 24.4 Å². The van der Waals surface area contributed by atoms with Crippen LogP contribution in [0.3, 0.4) is 0 Å². The number of hydrogen-bond acceptors (Lipinski definition) is 7. The molecule has 0 saturated carbocycles. The monoisotopic (exact) mass is 601 g/mol. The van der Waals surface area contributed by atoms with Gasteiger partial charge in [-0.1, -0.05) is 60.1 Å². The molecule has 1 aliphatic heterocycles. The topological polar surface area (TPSA) is 119 Å². The van der Waals surface area contributed by atoms with Crippen molar-refractivity contribution >= 4 is 23.5 Å². The first-order valence-electron chi connectivity index (χ1n) is 13.9. The van der Waals surface area contributed by atoms with Gasteiger partial charge in [0.05, 0.1) is 23.8 Å². The number of halogens is 1. The number of nitrogens with one attached hydrogen (secondary N) is 2. The number of aromatic nitrogens is 1. The number of pyridine rings is 1. The minimum atomic E-state index is -1.06. The van der Waals surface area contributed by atoms with Gasteiger partial charge in [-0.3, -0.25) is 19.9 Å². The molecule has 0 unspecified atom stereocenters. The van der Waals surface area contributed by atoms with E-state index in [1.165, 1.54) is 6.20 Å². The van der Waals surface area contributed by atoms with Gasteiger partial charge in [-0.15, -0.1) is 0 Å². The van der Waals surface area contributed by atoms with Gasteiger partial charge < -0.3 is 24.6 Å². The lowest BCUT2D eigenvalue weighted by atomic mass is 9.97. The molecular weight excluding hydrogens is 570 g/mol. The van der Waals surface area contributed by atoms with E-state index < -0.39 is 12.0 Å². The Bertz CT molecular complexity index is 1600. The molecule has 4 aromatic rings. The summed E-state index contributed by atoms with van der Waals surface area (Å²) in [5, 5.41) is 15.8. The number of nitrogens with zero attached hydrogens (tertiary/aromatic N) is 1. The first-order chi connectivity index (χ1) is 20.9. The van der Waals surface area contributed by atoms with E-state index in [9.17, 15) is 14.7 Å². The van der Waals surface area contributed by atoms with Crippen LogP contribution in [0.15, 0.2) is 79.1 Å². The Kier molecular flexibility index (Phi) is 9.88. The average Bonchev–Trinajstić information content (AvgIpc) is 3.01. The highest BCUT2D eigenvalue weighted by Crippen LogP contribution is 2.35. The molecule has 2 bridgehead atoms. The molecule has 10 heteroatoms. The van der Waals surface area contributed by atoms with Crippen molar-refractivity contribution in [1.82, 2.24) is 15.6 Å². The molecule has 0 aliphatic carbocycles. The zero-order valence-electron chi connectivity index (χ0n) is 23.6. The molecule has 0 spiro atoms. The quantitative estimate of drug-likeness (QED) is 0.287. The van der Waals surface area contributed by atoms with Crippen molar-refractivity contribution in [2.24, 2.45) is 0 Å². The smallest absolute Gasteiger partial charge is 0.323 e. The lowest BCUT2D eigenvalue weighted by Gasteiger charge is -2.19. The number of fused-ring (bicyclic) bond motifs is 3. The largest absolute Gasteiger partial charge is 0.488 e. The summed E-state index contributed by atoms with van der Waals surface area (Å²) in [6.07, 6.45) is 3.10. The average molecular weight is 602 g/mol. The number of carboxylic acid groups (broad SMARTS) is 1. The van der Waals surface area contributed by atoms with Crippen LogP contribution in [0.4, 0.5) is 0 Å². The highest BCUT2D eigenvalue weighted by molar-refractivity contribution is 6.32. The summed E-state index contributed by atoms with van der Waals surface area (Å²) in [6, 6.07) is 20.4. The van der Waals surface area contributed by atoms with E-state index in [1.807, 2.05) is 30.3 Å². The van der Waals surface area contributed by atoms with Crippen LogP contribution in [-0.2, 0) is 29.3 Å². The van der Waals surface area contributed by atoms with E-state index in [0.717, 1.165) is 22.3 Å². The molecule has 1 amide bonds. The zero-order chi connectivity index (χ0) is 30.2. The summed E-state index contributed by atoms with van der Waals surface area (Å²) in [4.78, 5) is 28.6. The summed E-state index contributed by atoms with van der Waals surface area (Å²) >= 11 is 6.67. The van der Waals surface area contributed by atoms with Gasteiger partial charge in [0.2, 0.25) is 0 Å². The maximum Gasteiger partial charge on any atom is 0.323 e. The van der Waals surface area contributed by atoms with Crippen LogP contribution in [0.1, 0.15) is 32.6 Å². The number of carbonyl (C=O) groups is 2. The maximum atomic E-state index is 12.6. The number of aliphatic carboxylic acids is 1. The molecule has 3 N–H and O–H groups in total. The fourth-order valence-corrected chi connectivity index (χ4v) is 4.97. The van der Waals surface area contributed by atoms with Gasteiger partial charge in [0.1, 0.15) is 30.8 Å². The second-order valence-corrected chi connectivity index (χ2v) is 10.5. The summed E-state index contributed by atoms with van der Waals surface area (Å²) < 4.78 is 17.9. The zero-order valence-corrected chi connectivity index (χ0v) is 24.4. The highest BCUT2D eigenvalue weighted by Gasteiger charge is 2.20. The molecule has 222 valence electrons. The van der Waals surface area contributed by atoms with E-state index >= 15 is 0 Å². The predicted octanol–water partition coefficient (Wildman–Crippen LogP) is 5.17. The number of ether oxygens (including phenoxy) is 3. The Balaban J connectivity index is 1.41. The van der Waals surface area contributed by atoms with Crippen molar-refractivity contribution in [2.45, 2.75) is 32.7 Å². The molecule has 1 atom stereocenters. The lowest BCUT2D eigenvalue weighted by Crippen LogP contribution is -2.41. The second-order valence-electron chi connectivity index (χ2n) is 10.1. The fraction of sp³-hybridized carbons (Fsp3) is 0.242. The first kappa shape index (κ1) is 30.0. The number of rotatable bonds is 5. The Hall–Kier alpha value is -4.44. The van der Waals surface area contributed by atoms with Crippen molar-refractivity contribution < 1.29 is 28.9 Å². The van der Waals surface area contributed by atoms with Crippen molar-refractivity contribution in [3.8, 4) is 22.6 Å². The van der Waals surface area contributed by atoms with Gasteiger partial charge in [-0.25, -0.2) is 0 Å². The Labute approximate surface area is 254 Å². The normalized spacial score (nSPS) is 16.0. The van der Waals surface area contributed by atoms with Gasteiger partial charge in [0.15, 0.2) is 0 Å². The number of benzene rings is 3. The molecule has 0 fully saturated rings. The van der Waals surface area contributed by atoms with Gasteiger partial charge in [0.25, 0.3) is 5.91 Å². The molecule has 0 saturated heterocycles. The van der Waals surface area contributed by atoms with Crippen molar-refractivity contribution in [3.63, 3.8) is 0 Å². The summed E-state index contributed by atoms with van der Waals surface area (Å²) in [7, 11) is 0. The predicted molar refractivity (Wildman–Crippen MR) is 162 cm³/mol.